The first-order chi connectivity index (χ1) is 11.5. The van der Waals surface area contributed by atoms with E-state index in [-0.39, 0.29) is 0 Å². The highest BCUT2D eigenvalue weighted by Gasteiger charge is 2.18. The summed E-state index contributed by atoms with van der Waals surface area (Å²) in [5.74, 6) is 4.11. The summed E-state index contributed by atoms with van der Waals surface area (Å²) in [5.41, 5.74) is 2.10. The van der Waals surface area contributed by atoms with Crippen LogP contribution in [-0.4, -0.2) is 30.2 Å². The van der Waals surface area contributed by atoms with Crippen molar-refractivity contribution in [1.82, 2.24) is 9.97 Å². The Bertz CT molecular complexity index is 717. The fourth-order valence-electron chi connectivity index (χ4n) is 3.23. The molecule has 0 spiro atoms. The van der Waals surface area contributed by atoms with E-state index in [4.69, 9.17) is 4.74 Å². The summed E-state index contributed by atoms with van der Waals surface area (Å²) in [6, 6.07) is 8.11. The summed E-state index contributed by atoms with van der Waals surface area (Å²) in [7, 11) is 1.68. The van der Waals surface area contributed by atoms with Crippen LogP contribution in [0.2, 0.25) is 0 Å². The fourth-order valence-corrected chi connectivity index (χ4v) is 3.23. The topological polar surface area (TPSA) is 50.3 Å². The van der Waals surface area contributed by atoms with E-state index in [0.717, 1.165) is 42.0 Å². The molecule has 1 fully saturated rings. The Hall–Kier alpha value is -2.30. The van der Waals surface area contributed by atoms with Crippen LogP contribution in [0.3, 0.4) is 0 Å². The molecule has 0 amide bonds. The zero-order valence-electron chi connectivity index (χ0n) is 15.0. The second-order valence-corrected chi connectivity index (χ2v) is 6.68. The van der Waals surface area contributed by atoms with E-state index in [1.807, 2.05) is 25.1 Å². The van der Waals surface area contributed by atoms with Crippen LogP contribution in [0.1, 0.15) is 31.2 Å². The van der Waals surface area contributed by atoms with Gasteiger partial charge in [0.2, 0.25) is 0 Å². The Morgan fingerprint density at radius 3 is 2.79 bits per heavy atom. The molecule has 0 bridgehead atoms. The van der Waals surface area contributed by atoms with Gasteiger partial charge in [-0.2, -0.15) is 0 Å². The van der Waals surface area contributed by atoms with Gasteiger partial charge in [-0.25, -0.2) is 9.97 Å². The highest BCUT2D eigenvalue weighted by atomic mass is 16.5. The smallest absolute Gasteiger partial charge is 0.142 e. The zero-order chi connectivity index (χ0) is 17.1. The summed E-state index contributed by atoms with van der Waals surface area (Å²) in [6.07, 6.45) is 2.52. The predicted octanol–water partition coefficient (Wildman–Crippen LogP) is 4.08. The molecule has 1 saturated heterocycles. The van der Waals surface area contributed by atoms with Crippen molar-refractivity contribution < 1.29 is 4.74 Å². The van der Waals surface area contributed by atoms with Crippen molar-refractivity contribution in [3.63, 3.8) is 0 Å². The van der Waals surface area contributed by atoms with E-state index < -0.39 is 0 Å². The third-order valence-corrected chi connectivity index (χ3v) is 4.42. The van der Waals surface area contributed by atoms with Gasteiger partial charge >= 0.3 is 0 Å². The Morgan fingerprint density at radius 2 is 2.04 bits per heavy atom. The molecule has 1 aliphatic heterocycles. The van der Waals surface area contributed by atoms with Crippen LogP contribution in [-0.2, 0) is 0 Å². The second-order valence-electron chi connectivity index (χ2n) is 6.68. The molecule has 3 rings (SSSR count). The third-order valence-electron chi connectivity index (χ3n) is 4.42. The van der Waals surface area contributed by atoms with Crippen LogP contribution in [0.4, 0.5) is 17.3 Å². The minimum Gasteiger partial charge on any atom is -0.495 e. The number of benzene rings is 1. The number of piperidine rings is 1. The lowest BCUT2D eigenvalue weighted by molar-refractivity contribution is 0.416. The molecule has 5 nitrogen and oxygen atoms in total. The molecule has 1 aromatic carbocycles. The summed E-state index contributed by atoms with van der Waals surface area (Å²) < 4.78 is 5.45. The molecule has 1 unspecified atom stereocenters. The standard InChI is InChI=1S/C19H26N4O/c1-13-7-8-17(24-4)16(10-13)22-18-11-19(21-15(3)20-18)23-9-5-6-14(2)12-23/h7-8,10-11,14H,5-6,9,12H2,1-4H3,(H,20,21,22). The van der Waals surface area contributed by atoms with Crippen LogP contribution >= 0.6 is 0 Å². The monoisotopic (exact) mass is 326 g/mol. The van der Waals surface area contributed by atoms with Crippen molar-refractivity contribution in [2.75, 3.05) is 30.4 Å². The van der Waals surface area contributed by atoms with Crippen molar-refractivity contribution in [3.05, 3.63) is 35.7 Å². The van der Waals surface area contributed by atoms with Gasteiger partial charge in [-0.05, 0) is 50.3 Å². The highest BCUT2D eigenvalue weighted by molar-refractivity contribution is 5.66. The molecule has 1 atom stereocenters. The number of hydrogen-bond acceptors (Lipinski definition) is 5. The van der Waals surface area contributed by atoms with Crippen LogP contribution in [0.15, 0.2) is 24.3 Å². The number of methoxy groups -OCH3 is 1. The Balaban J connectivity index is 1.88. The average Bonchev–Trinajstić information content (AvgIpc) is 2.54. The maximum atomic E-state index is 5.45. The first-order valence-corrected chi connectivity index (χ1v) is 8.57. The van der Waals surface area contributed by atoms with Gasteiger partial charge in [-0.15, -0.1) is 0 Å². The molecule has 0 saturated carbocycles. The van der Waals surface area contributed by atoms with Gasteiger partial charge in [-0.1, -0.05) is 13.0 Å². The highest BCUT2D eigenvalue weighted by Crippen LogP contribution is 2.29. The number of aromatic nitrogens is 2. The Kier molecular flexibility index (Phi) is 4.88. The van der Waals surface area contributed by atoms with Crippen molar-refractivity contribution in [3.8, 4) is 5.75 Å². The van der Waals surface area contributed by atoms with Crippen LogP contribution in [0.5, 0.6) is 5.75 Å². The molecule has 2 heterocycles. The van der Waals surface area contributed by atoms with Crippen molar-refractivity contribution in [2.24, 2.45) is 5.92 Å². The lowest BCUT2D eigenvalue weighted by Gasteiger charge is -2.32. The van der Waals surface area contributed by atoms with Crippen LogP contribution in [0.25, 0.3) is 0 Å². The number of nitrogens with zero attached hydrogens (tertiary/aromatic N) is 3. The van der Waals surface area contributed by atoms with Crippen molar-refractivity contribution >= 4 is 17.3 Å². The number of nitrogens with one attached hydrogen (secondary N) is 1. The van der Waals surface area contributed by atoms with E-state index in [2.05, 4.69) is 40.1 Å². The Labute approximate surface area is 144 Å². The quantitative estimate of drug-likeness (QED) is 0.917. The maximum absolute atomic E-state index is 5.45. The molecule has 1 aliphatic rings. The average molecular weight is 326 g/mol. The molecular weight excluding hydrogens is 300 g/mol. The van der Waals surface area contributed by atoms with E-state index in [1.165, 1.54) is 18.4 Å². The van der Waals surface area contributed by atoms with Crippen molar-refractivity contribution in [2.45, 2.75) is 33.6 Å². The summed E-state index contributed by atoms with van der Waals surface area (Å²) in [6.45, 7) is 8.43. The fraction of sp³-hybridized carbons (Fsp3) is 0.474. The first-order valence-electron chi connectivity index (χ1n) is 8.57. The Morgan fingerprint density at radius 1 is 1.21 bits per heavy atom. The normalized spacial score (nSPS) is 17.7. The maximum Gasteiger partial charge on any atom is 0.142 e. The number of aryl methyl sites for hydroxylation is 2. The molecular formula is C19H26N4O. The predicted molar refractivity (Wildman–Crippen MR) is 98.4 cm³/mol. The molecule has 24 heavy (non-hydrogen) atoms. The molecule has 1 aromatic heterocycles. The van der Waals surface area contributed by atoms with Crippen molar-refractivity contribution in [1.29, 1.82) is 0 Å². The summed E-state index contributed by atoms with van der Waals surface area (Å²) >= 11 is 0. The van der Waals surface area contributed by atoms with E-state index in [1.54, 1.807) is 7.11 Å². The number of anilines is 3. The van der Waals surface area contributed by atoms with E-state index in [9.17, 15) is 0 Å². The molecule has 2 aromatic rings. The van der Waals surface area contributed by atoms with Gasteiger partial charge < -0.3 is 15.0 Å². The molecule has 1 N–H and O–H groups in total. The molecule has 0 aliphatic carbocycles. The van der Waals surface area contributed by atoms with E-state index in [0.29, 0.717) is 5.92 Å². The third kappa shape index (κ3) is 3.78. The van der Waals surface area contributed by atoms with Gasteiger partial charge in [0.25, 0.3) is 0 Å². The van der Waals surface area contributed by atoms with Crippen LogP contribution in [0, 0.1) is 19.8 Å². The van der Waals surface area contributed by atoms with Gasteiger partial charge in [-0.3, -0.25) is 0 Å². The zero-order valence-corrected chi connectivity index (χ0v) is 15.0. The summed E-state index contributed by atoms with van der Waals surface area (Å²) in [4.78, 5) is 11.5. The lowest BCUT2D eigenvalue weighted by Crippen LogP contribution is -2.35. The summed E-state index contributed by atoms with van der Waals surface area (Å²) in [5, 5.41) is 3.39. The molecule has 0 radical (unpaired) electrons. The van der Waals surface area contributed by atoms with E-state index >= 15 is 0 Å². The molecule has 128 valence electrons. The number of hydrogen-bond donors (Lipinski definition) is 1. The SMILES string of the molecule is COc1ccc(C)cc1Nc1cc(N2CCCC(C)C2)nc(C)n1. The van der Waals surface area contributed by atoms with Gasteiger partial charge in [0.1, 0.15) is 23.2 Å². The number of rotatable bonds is 4. The van der Waals surface area contributed by atoms with Gasteiger partial charge in [0.05, 0.1) is 12.8 Å². The van der Waals surface area contributed by atoms with Crippen LogP contribution < -0.4 is 15.0 Å². The largest absolute Gasteiger partial charge is 0.495 e. The minimum atomic E-state index is 0.710. The minimum absolute atomic E-state index is 0.710. The number of ether oxygens (including phenoxy) is 1. The lowest BCUT2D eigenvalue weighted by atomic mass is 10.0. The van der Waals surface area contributed by atoms with Gasteiger partial charge in [0, 0.05) is 19.2 Å². The first kappa shape index (κ1) is 16.6. The second kappa shape index (κ2) is 7.07. The molecule has 5 heteroatoms. The van der Waals surface area contributed by atoms with Gasteiger partial charge in [0.15, 0.2) is 0 Å².